The van der Waals surface area contributed by atoms with Gasteiger partial charge in [-0.1, -0.05) is 76.3 Å². The van der Waals surface area contributed by atoms with Crippen LogP contribution in [-0.2, 0) is 30.2 Å². The summed E-state index contributed by atoms with van der Waals surface area (Å²) in [4.78, 5) is 62.0. The first-order chi connectivity index (χ1) is 32.2. The first-order valence-corrected chi connectivity index (χ1v) is 22.6. The van der Waals surface area contributed by atoms with Crippen LogP contribution in [-0.4, -0.2) is 88.2 Å². The number of phenolic OH excluding ortho intramolecular Hbond substituents is 1. The summed E-state index contributed by atoms with van der Waals surface area (Å²) in [5.41, 5.74) is -0.545. The third-order valence-corrected chi connectivity index (χ3v) is 13.4. The molecule has 0 saturated heterocycles. The largest absolute Gasteiger partial charge is 0.507 e. The van der Waals surface area contributed by atoms with E-state index in [2.05, 4.69) is 5.32 Å². The molecule has 2 aliphatic rings. The van der Waals surface area contributed by atoms with E-state index in [4.69, 9.17) is 28.3 Å². The van der Waals surface area contributed by atoms with Gasteiger partial charge in [-0.25, -0.2) is 4.98 Å². The van der Waals surface area contributed by atoms with E-state index in [0.29, 0.717) is 18.7 Å². The average molecular weight is 934 g/mol. The van der Waals surface area contributed by atoms with Crippen LogP contribution in [0.25, 0.3) is 38.7 Å². The minimum atomic E-state index is -1.99. The third-order valence-electron chi connectivity index (χ3n) is 13.4. The van der Waals surface area contributed by atoms with Crippen molar-refractivity contribution in [3.63, 3.8) is 0 Å². The van der Waals surface area contributed by atoms with Crippen LogP contribution in [0.5, 0.6) is 11.5 Å². The Morgan fingerprint density at radius 2 is 1.65 bits per heavy atom. The van der Waals surface area contributed by atoms with Crippen LogP contribution in [0.2, 0.25) is 0 Å². The number of carbonyl (C=O) groups excluding carboxylic acids is 2. The first-order valence-electron chi connectivity index (χ1n) is 22.6. The summed E-state index contributed by atoms with van der Waals surface area (Å²) in [6.07, 6.45) is 4.19. The third kappa shape index (κ3) is 9.15. The number of anilines is 2. The van der Waals surface area contributed by atoms with Crippen LogP contribution < -0.4 is 31.0 Å². The Balaban J connectivity index is 1.46. The van der Waals surface area contributed by atoms with E-state index in [1.165, 1.54) is 59.3 Å². The zero-order chi connectivity index (χ0) is 49.5. The zero-order valence-electron chi connectivity index (χ0n) is 39.8. The van der Waals surface area contributed by atoms with E-state index >= 15 is 0 Å². The molecule has 1 aromatic heterocycles. The highest BCUT2D eigenvalue weighted by molar-refractivity contribution is 6.16. The Kier molecular flexibility index (Phi) is 14.1. The highest BCUT2D eigenvalue weighted by atomic mass is 16.7. The predicted molar refractivity (Wildman–Crippen MR) is 258 cm³/mol. The van der Waals surface area contributed by atoms with Crippen molar-refractivity contribution in [3.05, 3.63) is 115 Å². The maximum atomic E-state index is 14.9. The van der Waals surface area contributed by atoms with Gasteiger partial charge in [-0.05, 0) is 31.9 Å². The molecule has 0 fully saturated rings. The Morgan fingerprint density at radius 3 is 2.32 bits per heavy atom. The lowest BCUT2D eigenvalue weighted by atomic mass is 9.78. The Hall–Kier alpha value is -6.75. The van der Waals surface area contributed by atoms with Gasteiger partial charge in [0.05, 0.1) is 35.2 Å². The van der Waals surface area contributed by atoms with Crippen molar-refractivity contribution in [2.24, 2.45) is 23.7 Å². The van der Waals surface area contributed by atoms with Crippen LogP contribution in [0, 0.1) is 30.6 Å². The fraction of sp³-hybridized carbons (Fsp3) is 0.404. The maximum Gasteiger partial charge on any atom is 0.307 e. The number of nitrogens with one attached hydrogen (secondary N) is 1. The molecule has 7 rings (SSSR count). The molecule has 2 aliphatic heterocycles. The number of benzene rings is 4. The minimum absolute atomic E-state index is 0.000872. The number of esters is 1. The molecule has 4 bridgehead atoms. The number of hydrogen-bond donors (Lipinski definition) is 5. The second-order valence-corrected chi connectivity index (χ2v) is 18.2. The van der Waals surface area contributed by atoms with Crippen molar-refractivity contribution in [2.45, 2.75) is 92.0 Å². The second kappa shape index (κ2) is 19.5. The van der Waals surface area contributed by atoms with Gasteiger partial charge in [-0.2, -0.15) is 0 Å². The first kappa shape index (κ1) is 49.2. The van der Waals surface area contributed by atoms with Crippen molar-refractivity contribution in [1.29, 1.82) is 0 Å². The summed E-state index contributed by atoms with van der Waals surface area (Å²) in [6, 6.07) is 12.9. The number of aromatic hydroxyl groups is 1. The number of carbonyl (C=O) groups is 2. The second-order valence-electron chi connectivity index (χ2n) is 18.2. The van der Waals surface area contributed by atoms with Gasteiger partial charge in [0, 0.05) is 92.6 Å². The predicted octanol–water partition coefficient (Wildman–Crippen LogP) is 6.24. The number of allylic oxidation sites excluding steroid dienone is 2. The van der Waals surface area contributed by atoms with Gasteiger partial charge in [0.15, 0.2) is 22.4 Å². The molecular formula is C52H59N3O13. The number of phenols is 1. The molecule has 360 valence electrons. The molecule has 5 N–H and O–H groups in total. The number of rotatable bonds is 6. The maximum absolute atomic E-state index is 14.9. The molecular weight excluding hydrogens is 875 g/mol. The number of aliphatic hydroxyl groups is 3. The number of likely N-dealkylation sites (N-methyl/N-ethyl adjacent to an activating group) is 1. The topological polar surface area (TPSA) is 227 Å². The van der Waals surface area contributed by atoms with Crippen molar-refractivity contribution in [1.82, 2.24) is 4.98 Å². The zero-order valence-corrected chi connectivity index (χ0v) is 39.8. The van der Waals surface area contributed by atoms with Gasteiger partial charge in [-0.15, -0.1) is 0 Å². The smallest absolute Gasteiger partial charge is 0.307 e. The van der Waals surface area contributed by atoms with Crippen LogP contribution in [0.4, 0.5) is 11.4 Å². The van der Waals surface area contributed by atoms with Gasteiger partial charge in [0.25, 0.3) is 5.91 Å². The molecule has 9 atom stereocenters. The number of amides is 1. The summed E-state index contributed by atoms with van der Waals surface area (Å²) in [7, 11) is 3.27. The molecule has 5 aromatic rings. The lowest BCUT2D eigenvalue weighted by Gasteiger charge is -2.38. The number of hydrogen-bond acceptors (Lipinski definition) is 15. The molecule has 0 radical (unpaired) electrons. The lowest BCUT2D eigenvalue weighted by molar-refractivity contribution is -0.160. The van der Waals surface area contributed by atoms with Crippen molar-refractivity contribution in [2.75, 3.05) is 30.9 Å². The summed E-state index contributed by atoms with van der Waals surface area (Å²) in [6.45, 7) is 13.1. The van der Waals surface area contributed by atoms with E-state index in [1.807, 2.05) is 42.3 Å². The van der Waals surface area contributed by atoms with Crippen molar-refractivity contribution in [3.8, 4) is 11.5 Å². The van der Waals surface area contributed by atoms with Gasteiger partial charge in [0.1, 0.15) is 28.8 Å². The molecule has 0 unspecified atom stereocenters. The summed E-state index contributed by atoms with van der Waals surface area (Å²) in [5, 5.41) is 49.2. The molecule has 0 aliphatic carbocycles. The van der Waals surface area contributed by atoms with Crippen LogP contribution in [0.15, 0.2) is 92.6 Å². The molecule has 0 spiro atoms. The fourth-order valence-electron chi connectivity index (χ4n) is 9.17. The number of methoxy groups -OCH3 is 1. The Bertz CT molecular complexity index is 3060. The lowest BCUT2D eigenvalue weighted by Crippen LogP contribution is -2.46. The molecule has 16 nitrogen and oxygen atoms in total. The van der Waals surface area contributed by atoms with Gasteiger partial charge in [0.2, 0.25) is 10.9 Å². The highest BCUT2D eigenvalue weighted by Gasteiger charge is 2.44. The van der Waals surface area contributed by atoms with Gasteiger partial charge >= 0.3 is 11.8 Å². The SMILES string of the molecule is CO[C@H]1/C=C/O[C@@]2(C)Oc3c(C)c(O)c4c(=O)c(c5oc6cc(N(C)CCc7ccccc7)cc(=O)c6nc5c4c3=C2O)NC(=O)/C(C)=C\C=C\[C@H](C)[C@H](O)[C@@H](C)[C@@H](O)[C@@H](C)[C@H](OC(C)=O)[C@@H]1C. The molecule has 68 heavy (non-hydrogen) atoms. The van der Waals surface area contributed by atoms with E-state index < -0.39 is 93.8 Å². The average Bonchev–Trinajstić information content (AvgIpc) is 3.58. The van der Waals surface area contributed by atoms with Crippen LogP contribution >= 0.6 is 0 Å². The molecule has 16 heteroatoms. The standard InChI is InChI=1S/C52H59N3O13/c1-25-15-14-16-26(2)51(63)54-42-46(61)38-37(41-49(42)67-36-24-33(23-34(57)40(36)53-41)55(9)21-19-32-17-12-11-13-18-32)39-48(30(6)45(38)60)68-52(8,50(39)62)65-22-20-35(64-10)27(3)47(66-31(7)56)29(5)44(59)28(4)43(25)58/h11-18,20,22-25,27-29,35,43-44,47,58-60,62H,19,21H2,1-10H3,(H,54,63)/b15-14+,22-20+,26-16-/t25-,27+,28+,29+,35-,43-,44+,47+,52-/m0/s1. The molecule has 0 saturated carbocycles. The van der Waals surface area contributed by atoms with Crippen molar-refractivity contribution >= 4 is 62.0 Å². The molecule has 4 aromatic carbocycles. The Morgan fingerprint density at radius 1 is 0.941 bits per heavy atom. The van der Waals surface area contributed by atoms with Crippen LogP contribution in [0.3, 0.4) is 0 Å². The number of fused-ring (bicyclic) bond motifs is 2. The van der Waals surface area contributed by atoms with E-state index in [0.717, 1.165) is 5.56 Å². The van der Waals surface area contributed by atoms with Gasteiger partial charge in [-0.3, -0.25) is 19.2 Å². The number of nitrogens with zero attached hydrogens (tertiary/aromatic N) is 2. The minimum Gasteiger partial charge on any atom is -0.507 e. The van der Waals surface area contributed by atoms with E-state index in [1.54, 1.807) is 45.9 Å². The fourth-order valence-corrected chi connectivity index (χ4v) is 9.17. The molecule has 1 amide bonds. The van der Waals surface area contributed by atoms with E-state index in [-0.39, 0.29) is 55.1 Å². The normalized spacial score (nSPS) is 27.6. The quantitative estimate of drug-likeness (QED) is 0.0722. The summed E-state index contributed by atoms with van der Waals surface area (Å²) in [5.74, 6) is -7.00. The van der Waals surface area contributed by atoms with E-state index in [9.17, 15) is 39.6 Å². The molecule has 3 heterocycles. The monoisotopic (exact) mass is 933 g/mol. The number of aliphatic hydroxyl groups excluding tert-OH is 3. The van der Waals surface area contributed by atoms with Crippen molar-refractivity contribution < 1.29 is 53.4 Å². The number of ether oxygens (including phenoxy) is 4. The Labute approximate surface area is 392 Å². The number of aromatic nitrogens is 1. The highest BCUT2D eigenvalue weighted by Crippen LogP contribution is 2.42. The summed E-state index contributed by atoms with van der Waals surface area (Å²) >= 11 is 0. The summed E-state index contributed by atoms with van der Waals surface area (Å²) < 4.78 is 30.5. The van der Waals surface area contributed by atoms with Crippen LogP contribution in [0.1, 0.15) is 59.6 Å². The van der Waals surface area contributed by atoms with Gasteiger partial charge < -0.3 is 54.0 Å².